The standard InChI is InChI=1S/C12H14N2O3/c1-2-17-11(16)12(13)7-8-5-3-4-6-9(8)14-10(12)15/h3-6H,2,7,13H2,1H3,(H,14,15). The minimum Gasteiger partial charge on any atom is -0.464 e. The summed E-state index contributed by atoms with van der Waals surface area (Å²) in [6.07, 6.45) is 0.161. The van der Waals surface area contributed by atoms with E-state index in [2.05, 4.69) is 5.32 Å². The van der Waals surface area contributed by atoms with Crippen molar-refractivity contribution in [2.24, 2.45) is 5.73 Å². The maximum atomic E-state index is 11.9. The molecule has 0 aliphatic carbocycles. The van der Waals surface area contributed by atoms with E-state index in [1.54, 1.807) is 13.0 Å². The Morgan fingerprint density at radius 3 is 2.94 bits per heavy atom. The third-order valence-electron chi connectivity index (χ3n) is 2.78. The van der Waals surface area contributed by atoms with Gasteiger partial charge in [-0.25, -0.2) is 4.79 Å². The van der Waals surface area contributed by atoms with E-state index in [1.165, 1.54) is 0 Å². The van der Waals surface area contributed by atoms with Gasteiger partial charge in [0.1, 0.15) is 0 Å². The molecular weight excluding hydrogens is 220 g/mol. The summed E-state index contributed by atoms with van der Waals surface area (Å²) >= 11 is 0. The van der Waals surface area contributed by atoms with Crippen molar-refractivity contribution in [3.8, 4) is 0 Å². The Morgan fingerprint density at radius 1 is 1.53 bits per heavy atom. The molecule has 1 aromatic carbocycles. The van der Waals surface area contributed by atoms with Crippen LogP contribution in [0.5, 0.6) is 0 Å². The van der Waals surface area contributed by atoms with Gasteiger partial charge in [-0.05, 0) is 18.6 Å². The average Bonchev–Trinajstić information content (AvgIpc) is 2.31. The molecule has 5 nitrogen and oxygen atoms in total. The van der Waals surface area contributed by atoms with E-state index in [0.29, 0.717) is 5.69 Å². The van der Waals surface area contributed by atoms with Crippen LogP contribution in [0.1, 0.15) is 12.5 Å². The molecule has 2 rings (SSSR count). The first kappa shape index (κ1) is 11.6. The fourth-order valence-electron chi connectivity index (χ4n) is 1.84. The Kier molecular flexibility index (Phi) is 2.85. The van der Waals surface area contributed by atoms with Gasteiger partial charge >= 0.3 is 5.97 Å². The minimum absolute atomic E-state index is 0.161. The number of carbonyl (C=O) groups excluding carboxylic acids is 2. The molecule has 1 aliphatic heterocycles. The topological polar surface area (TPSA) is 81.4 Å². The molecule has 1 unspecified atom stereocenters. The van der Waals surface area contributed by atoms with Crippen molar-refractivity contribution >= 4 is 17.6 Å². The lowest BCUT2D eigenvalue weighted by atomic mass is 9.86. The molecule has 0 saturated carbocycles. The molecular formula is C12H14N2O3. The zero-order valence-electron chi connectivity index (χ0n) is 9.53. The third kappa shape index (κ3) is 1.89. The number of nitrogens with one attached hydrogen (secondary N) is 1. The Bertz CT molecular complexity index is 473. The van der Waals surface area contributed by atoms with Crippen LogP contribution in [0.3, 0.4) is 0 Å². The molecule has 1 aliphatic rings. The smallest absolute Gasteiger partial charge is 0.336 e. The van der Waals surface area contributed by atoms with E-state index in [4.69, 9.17) is 10.5 Å². The first-order chi connectivity index (χ1) is 8.08. The van der Waals surface area contributed by atoms with Crippen molar-refractivity contribution in [3.05, 3.63) is 29.8 Å². The van der Waals surface area contributed by atoms with E-state index in [9.17, 15) is 9.59 Å². The van der Waals surface area contributed by atoms with Gasteiger partial charge in [-0.3, -0.25) is 4.79 Å². The van der Waals surface area contributed by atoms with Crippen LogP contribution in [-0.2, 0) is 20.7 Å². The van der Waals surface area contributed by atoms with Crippen LogP contribution in [0.4, 0.5) is 5.69 Å². The van der Waals surface area contributed by atoms with Crippen LogP contribution in [0.25, 0.3) is 0 Å². The normalized spacial score (nSPS) is 22.6. The summed E-state index contributed by atoms with van der Waals surface area (Å²) in [5.74, 6) is -1.21. The van der Waals surface area contributed by atoms with Gasteiger partial charge < -0.3 is 15.8 Å². The molecule has 17 heavy (non-hydrogen) atoms. The van der Waals surface area contributed by atoms with Crippen LogP contribution in [0.2, 0.25) is 0 Å². The van der Waals surface area contributed by atoms with Gasteiger partial charge in [0, 0.05) is 12.1 Å². The molecule has 90 valence electrons. The molecule has 1 heterocycles. The van der Waals surface area contributed by atoms with Crippen molar-refractivity contribution in [2.45, 2.75) is 18.9 Å². The number of carbonyl (C=O) groups is 2. The predicted octanol–water partition coefficient (Wildman–Crippen LogP) is 0.442. The van der Waals surface area contributed by atoms with Crippen molar-refractivity contribution in [3.63, 3.8) is 0 Å². The highest BCUT2D eigenvalue weighted by Crippen LogP contribution is 2.27. The molecule has 0 radical (unpaired) electrons. The second kappa shape index (κ2) is 4.18. The van der Waals surface area contributed by atoms with Crippen molar-refractivity contribution < 1.29 is 14.3 Å². The molecule has 0 bridgehead atoms. The fraction of sp³-hybridized carbons (Fsp3) is 0.333. The highest BCUT2D eigenvalue weighted by molar-refractivity contribution is 6.14. The fourth-order valence-corrected chi connectivity index (χ4v) is 1.84. The Morgan fingerprint density at radius 2 is 2.24 bits per heavy atom. The predicted molar refractivity (Wildman–Crippen MR) is 62.3 cm³/mol. The number of amides is 1. The molecule has 3 N–H and O–H groups in total. The zero-order valence-corrected chi connectivity index (χ0v) is 9.53. The number of para-hydroxylation sites is 1. The number of ether oxygens (including phenoxy) is 1. The number of anilines is 1. The quantitative estimate of drug-likeness (QED) is 0.574. The first-order valence-corrected chi connectivity index (χ1v) is 5.43. The number of fused-ring (bicyclic) bond motifs is 1. The van der Waals surface area contributed by atoms with Gasteiger partial charge in [0.15, 0.2) is 5.54 Å². The lowest BCUT2D eigenvalue weighted by Gasteiger charge is -2.31. The zero-order chi connectivity index (χ0) is 12.5. The second-order valence-electron chi connectivity index (χ2n) is 3.98. The monoisotopic (exact) mass is 234 g/mol. The number of rotatable bonds is 2. The van der Waals surface area contributed by atoms with Gasteiger partial charge in [-0.2, -0.15) is 0 Å². The Hall–Kier alpha value is -1.88. The molecule has 0 fully saturated rings. The van der Waals surface area contributed by atoms with Gasteiger partial charge in [0.25, 0.3) is 5.91 Å². The van der Waals surface area contributed by atoms with Crippen LogP contribution >= 0.6 is 0 Å². The van der Waals surface area contributed by atoms with Crippen LogP contribution < -0.4 is 11.1 Å². The number of hydrogen-bond acceptors (Lipinski definition) is 4. The molecule has 5 heteroatoms. The lowest BCUT2D eigenvalue weighted by molar-refractivity contribution is -0.153. The van der Waals surface area contributed by atoms with E-state index < -0.39 is 17.4 Å². The molecule has 0 aromatic heterocycles. The van der Waals surface area contributed by atoms with Crippen molar-refractivity contribution in [2.75, 3.05) is 11.9 Å². The van der Waals surface area contributed by atoms with E-state index >= 15 is 0 Å². The highest BCUT2D eigenvalue weighted by Gasteiger charge is 2.46. The summed E-state index contributed by atoms with van der Waals surface area (Å²) in [6.45, 7) is 1.88. The molecule has 0 saturated heterocycles. The molecule has 1 amide bonds. The van der Waals surface area contributed by atoms with Gasteiger partial charge in [0.05, 0.1) is 6.61 Å². The molecule has 1 atom stereocenters. The SMILES string of the molecule is CCOC(=O)C1(N)Cc2ccccc2NC1=O. The number of esters is 1. The number of nitrogens with two attached hydrogens (primary N) is 1. The lowest BCUT2D eigenvalue weighted by Crippen LogP contribution is -2.61. The summed E-state index contributed by atoms with van der Waals surface area (Å²) in [4.78, 5) is 23.6. The third-order valence-corrected chi connectivity index (χ3v) is 2.78. The van der Waals surface area contributed by atoms with Crippen LogP contribution in [-0.4, -0.2) is 24.0 Å². The van der Waals surface area contributed by atoms with E-state index in [-0.39, 0.29) is 13.0 Å². The molecule has 1 aromatic rings. The van der Waals surface area contributed by atoms with E-state index in [0.717, 1.165) is 5.56 Å². The van der Waals surface area contributed by atoms with Gasteiger partial charge in [-0.1, -0.05) is 18.2 Å². The summed E-state index contributed by atoms with van der Waals surface area (Å²) < 4.78 is 4.85. The number of benzene rings is 1. The van der Waals surface area contributed by atoms with Gasteiger partial charge in [-0.15, -0.1) is 0 Å². The van der Waals surface area contributed by atoms with Gasteiger partial charge in [0.2, 0.25) is 0 Å². The number of hydrogen-bond donors (Lipinski definition) is 2. The van der Waals surface area contributed by atoms with Crippen LogP contribution in [0.15, 0.2) is 24.3 Å². The van der Waals surface area contributed by atoms with E-state index in [1.807, 2.05) is 18.2 Å². The van der Waals surface area contributed by atoms with Crippen LogP contribution in [0, 0.1) is 0 Å². The van der Waals surface area contributed by atoms with Crippen molar-refractivity contribution in [1.29, 1.82) is 0 Å². The maximum Gasteiger partial charge on any atom is 0.336 e. The largest absolute Gasteiger partial charge is 0.464 e. The summed E-state index contributed by atoms with van der Waals surface area (Å²) in [7, 11) is 0. The minimum atomic E-state index is -1.62. The second-order valence-corrected chi connectivity index (χ2v) is 3.98. The Labute approximate surface area is 98.9 Å². The molecule has 0 spiro atoms. The highest BCUT2D eigenvalue weighted by atomic mass is 16.5. The summed E-state index contributed by atoms with van der Waals surface area (Å²) in [6, 6.07) is 7.25. The average molecular weight is 234 g/mol. The maximum absolute atomic E-state index is 11.9. The van der Waals surface area contributed by atoms with Crippen molar-refractivity contribution in [1.82, 2.24) is 0 Å². The summed E-state index contributed by atoms with van der Waals surface area (Å²) in [5, 5.41) is 2.63. The summed E-state index contributed by atoms with van der Waals surface area (Å²) in [5.41, 5.74) is 5.77. The Balaban J connectivity index is 2.34. The first-order valence-electron chi connectivity index (χ1n) is 5.43.